The first-order valence-electron chi connectivity index (χ1n) is 7.30. The predicted molar refractivity (Wildman–Crippen MR) is 88.3 cm³/mol. The lowest BCUT2D eigenvalue weighted by Crippen LogP contribution is -2.26. The van der Waals surface area contributed by atoms with Crippen LogP contribution >= 0.6 is 0 Å². The summed E-state index contributed by atoms with van der Waals surface area (Å²) in [6.45, 7) is 6.74. The van der Waals surface area contributed by atoms with Gasteiger partial charge in [-0.15, -0.1) is 0 Å². The van der Waals surface area contributed by atoms with E-state index in [1.807, 2.05) is 24.5 Å². The van der Waals surface area contributed by atoms with Gasteiger partial charge in [-0.05, 0) is 50.6 Å². The SMILES string of the molecule is Cc1ccc2c(c1)C(C)(C)C(C=Cc1ccncc1)=[N+]2C. The van der Waals surface area contributed by atoms with Crippen LogP contribution in [0.2, 0.25) is 0 Å². The minimum atomic E-state index is 0.0274. The molecule has 2 heteroatoms. The van der Waals surface area contributed by atoms with Gasteiger partial charge in [-0.2, -0.15) is 4.58 Å². The van der Waals surface area contributed by atoms with Gasteiger partial charge >= 0.3 is 0 Å². The van der Waals surface area contributed by atoms with Crippen molar-refractivity contribution in [3.63, 3.8) is 0 Å². The van der Waals surface area contributed by atoms with Crippen LogP contribution < -0.4 is 0 Å². The van der Waals surface area contributed by atoms with Crippen LogP contribution in [0, 0.1) is 6.92 Å². The largest absolute Gasteiger partial charge is 0.265 e. The molecule has 1 aromatic carbocycles. The summed E-state index contributed by atoms with van der Waals surface area (Å²) in [6.07, 6.45) is 8.04. The van der Waals surface area contributed by atoms with Crippen molar-refractivity contribution in [1.82, 2.24) is 4.98 Å². The second kappa shape index (κ2) is 4.96. The van der Waals surface area contributed by atoms with Gasteiger partial charge in [0.05, 0.1) is 5.41 Å². The molecule has 2 heterocycles. The van der Waals surface area contributed by atoms with Gasteiger partial charge in [0, 0.05) is 30.1 Å². The minimum Gasteiger partial charge on any atom is -0.265 e. The second-order valence-corrected chi connectivity index (χ2v) is 6.20. The van der Waals surface area contributed by atoms with Gasteiger partial charge in [-0.1, -0.05) is 11.6 Å². The summed E-state index contributed by atoms with van der Waals surface area (Å²) in [4.78, 5) is 4.06. The van der Waals surface area contributed by atoms with Crippen LogP contribution in [0.4, 0.5) is 5.69 Å². The van der Waals surface area contributed by atoms with Gasteiger partial charge in [-0.25, -0.2) is 0 Å². The smallest absolute Gasteiger partial charge is 0.209 e. The first-order chi connectivity index (χ1) is 10.00. The molecule has 0 atom stereocenters. The highest BCUT2D eigenvalue weighted by Gasteiger charge is 2.42. The molecule has 1 aliphatic heterocycles. The summed E-state index contributed by atoms with van der Waals surface area (Å²) in [5.41, 5.74) is 6.54. The van der Waals surface area contributed by atoms with Crippen LogP contribution in [0.25, 0.3) is 6.08 Å². The minimum absolute atomic E-state index is 0.0274. The molecule has 2 nitrogen and oxygen atoms in total. The van der Waals surface area contributed by atoms with Crippen molar-refractivity contribution in [3.8, 4) is 0 Å². The number of aromatic nitrogens is 1. The van der Waals surface area contributed by atoms with Crippen LogP contribution in [0.5, 0.6) is 0 Å². The summed E-state index contributed by atoms with van der Waals surface area (Å²) >= 11 is 0. The van der Waals surface area contributed by atoms with E-state index in [4.69, 9.17) is 0 Å². The van der Waals surface area contributed by atoms with Crippen molar-refractivity contribution in [1.29, 1.82) is 0 Å². The van der Waals surface area contributed by atoms with E-state index in [1.54, 1.807) is 0 Å². The number of nitrogens with zero attached hydrogens (tertiary/aromatic N) is 2. The molecule has 0 amide bonds. The highest BCUT2D eigenvalue weighted by molar-refractivity contribution is 6.05. The summed E-state index contributed by atoms with van der Waals surface area (Å²) in [5, 5.41) is 0. The lowest BCUT2D eigenvalue weighted by Gasteiger charge is -2.15. The van der Waals surface area contributed by atoms with Gasteiger partial charge in [0.25, 0.3) is 0 Å². The Balaban J connectivity index is 2.04. The molecule has 0 saturated carbocycles. The molecule has 1 aromatic heterocycles. The Morgan fingerprint density at radius 2 is 1.76 bits per heavy atom. The van der Waals surface area contributed by atoms with Crippen LogP contribution in [0.15, 0.2) is 48.8 Å². The first kappa shape index (κ1) is 13.7. The van der Waals surface area contributed by atoms with E-state index in [9.17, 15) is 0 Å². The van der Waals surface area contributed by atoms with Crippen molar-refractivity contribution >= 4 is 17.5 Å². The van der Waals surface area contributed by atoms with Gasteiger partial charge < -0.3 is 0 Å². The molecule has 0 unspecified atom stereocenters. The molecule has 0 spiro atoms. The van der Waals surface area contributed by atoms with Gasteiger partial charge in [-0.3, -0.25) is 4.98 Å². The first-order valence-corrected chi connectivity index (χ1v) is 7.30. The van der Waals surface area contributed by atoms with Crippen LogP contribution in [0.3, 0.4) is 0 Å². The molecule has 106 valence electrons. The summed E-state index contributed by atoms with van der Waals surface area (Å²) in [7, 11) is 2.15. The molecule has 1 aliphatic rings. The normalized spacial score (nSPS) is 16.6. The number of hydrogen-bond acceptors (Lipinski definition) is 1. The van der Waals surface area contributed by atoms with Gasteiger partial charge in [0.1, 0.15) is 7.05 Å². The molecule has 2 aromatic rings. The monoisotopic (exact) mass is 277 g/mol. The van der Waals surface area contributed by atoms with Crippen LogP contribution in [0.1, 0.15) is 30.5 Å². The van der Waals surface area contributed by atoms with E-state index in [-0.39, 0.29) is 5.41 Å². The quantitative estimate of drug-likeness (QED) is 0.754. The molecule has 0 bridgehead atoms. The molecule has 0 aliphatic carbocycles. The van der Waals surface area contributed by atoms with E-state index >= 15 is 0 Å². The van der Waals surface area contributed by atoms with Crippen molar-refractivity contribution in [2.45, 2.75) is 26.2 Å². The maximum atomic E-state index is 4.06. The van der Waals surface area contributed by atoms with E-state index in [2.05, 4.69) is 67.7 Å². The standard InChI is InChI=1S/C19H21N2/c1-14-5-7-17-16(13-14)19(2,3)18(21(17)4)8-6-15-9-11-20-12-10-15/h5-13H,1-4H3/q+1. The van der Waals surface area contributed by atoms with E-state index in [0.29, 0.717) is 0 Å². The number of benzene rings is 1. The highest BCUT2D eigenvalue weighted by atomic mass is 15.0. The Hall–Kier alpha value is -2.22. The summed E-state index contributed by atoms with van der Waals surface area (Å²) < 4.78 is 2.30. The Morgan fingerprint density at radius 3 is 2.48 bits per heavy atom. The fourth-order valence-electron chi connectivity index (χ4n) is 3.10. The van der Waals surface area contributed by atoms with E-state index in [0.717, 1.165) is 0 Å². The third-order valence-electron chi connectivity index (χ3n) is 4.33. The summed E-state index contributed by atoms with van der Waals surface area (Å²) in [5.74, 6) is 0. The van der Waals surface area contributed by atoms with Crippen molar-refractivity contribution < 1.29 is 4.58 Å². The Kier molecular flexibility index (Phi) is 3.25. The van der Waals surface area contributed by atoms with Gasteiger partial charge in [0.15, 0.2) is 5.71 Å². The Labute approximate surface area is 126 Å². The predicted octanol–water partition coefficient (Wildman–Crippen LogP) is 4.11. The zero-order valence-electron chi connectivity index (χ0n) is 13.1. The molecular formula is C19H21N2+. The lowest BCUT2D eigenvalue weighted by molar-refractivity contribution is -0.401. The summed E-state index contributed by atoms with van der Waals surface area (Å²) in [6, 6.07) is 10.8. The molecular weight excluding hydrogens is 256 g/mol. The number of aryl methyl sites for hydroxylation is 1. The number of hydrogen-bond donors (Lipinski definition) is 0. The molecule has 0 saturated heterocycles. The fourth-order valence-corrected chi connectivity index (χ4v) is 3.10. The fraction of sp³-hybridized carbons (Fsp3) is 0.263. The topological polar surface area (TPSA) is 15.9 Å². The molecule has 0 fully saturated rings. The number of pyridine rings is 1. The molecule has 3 rings (SSSR count). The van der Waals surface area contributed by atoms with Gasteiger partial charge in [0.2, 0.25) is 5.69 Å². The maximum Gasteiger partial charge on any atom is 0.209 e. The molecule has 0 radical (unpaired) electrons. The van der Waals surface area contributed by atoms with Crippen LogP contribution in [-0.4, -0.2) is 22.3 Å². The maximum absolute atomic E-state index is 4.06. The Bertz CT molecular complexity index is 737. The third kappa shape index (κ3) is 2.31. The third-order valence-corrected chi connectivity index (χ3v) is 4.33. The second-order valence-electron chi connectivity index (χ2n) is 6.20. The zero-order chi connectivity index (χ0) is 15.0. The van der Waals surface area contributed by atoms with Crippen molar-refractivity contribution in [3.05, 3.63) is 65.5 Å². The van der Waals surface area contributed by atoms with Crippen molar-refractivity contribution in [2.75, 3.05) is 7.05 Å². The van der Waals surface area contributed by atoms with E-state index < -0.39 is 0 Å². The number of rotatable bonds is 2. The Morgan fingerprint density at radius 1 is 1.05 bits per heavy atom. The number of allylic oxidation sites excluding steroid dienone is 1. The molecule has 0 N–H and O–H groups in total. The van der Waals surface area contributed by atoms with Crippen LogP contribution in [-0.2, 0) is 5.41 Å². The lowest BCUT2D eigenvalue weighted by atomic mass is 9.81. The average molecular weight is 277 g/mol. The van der Waals surface area contributed by atoms with E-state index in [1.165, 1.54) is 28.1 Å². The highest BCUT2D eigenvalue weighted by Crippen LogP contribution is 2.39. The average Bonchev–Trinajstić information content (AvgIpc) is 2.65. The van der Waals surface area contributed by atoms with Crippen molar-refractivity contribution in [2.24, 2.45) is 0 Å². The molecule has 21 heavy (non-hydrogen) atoms. The number of fused-ring (bicyclic) bond motifs is 1. The zero-order valence-corrected chi connectivity index (χ0v) is 13.1.